The Balaban J connectivity index is 1.53. The summed E-state index contributed by atoms with van der Waals surface area (Å²) in [4.78, 5) is 24.9. The summed E-state index contributed by atoms with van der Waals surface area (Å²) in [7, 11) is 0. The quantitative estimate of drug-likeness (QED) is 0.509. The largest absolute Gasteiger partial charge is 0.347 e. The smallest absolute Gasteiger partial charge is 0.315 e. The minimum atomic E-state index is -0.646. The molecule has 1 aromatic heterocycles. The summed E-state index contributed by atoms with van der Waals surface area (Å²) < 4.78 is 2.53. The van der Waals surface area contributed by atoms with Gasteiger partial charge >= 0.3 is 6.03 Å². The molecule has 3 rings (SSSR count). The highest BCUT2D eigenvalue weighted by molar-refractivity contribution is 7.71. The van der Waals surface area contributed by atoms with Crippen LogP contribution in [0.2, 0.25) is 0 Å². The van der Waals surface area contributed by atoms with Gasteiger partial charge < -0.3 is 16.0 Å². The number of benzene rings is 1. The molecule has 1 saturated carbocycles. The van der Waals surface area contributed by atoms with Gasteiger partial charge in [-0.25, -0.2) is 4.79 Å². The van der Waals surface area contributed by atoms with Crippen molar-refractivity contribution in [3.8, 4) is 0 Å². The lowest BCUT2D eigenvalue weighted by atomic mass is 10.0. The lowest BCUT2D eigenvalue weighted by Gasteiger charge is -2.22. The van der Waals surface area contributed by atoms with Crippen molar-refractivity contribution in [3.05, 3.63) is 46.5 Å². The number of hydrogen-bond acceptors (Lipinski definition) is 4. The molecule has 9 heteroatoms. The summed E-state index contributed by atoms with van der Waals surface area (Å²) in [5.41, 5.74) is 0.992. The zero-order valence-electron chi connectivity index (χ0n) is 16.1. The number of hydrogen-bond donors (Lipinski definition) is 4. The average Bonchev–Trinajstić information content (AvgIpc) is 3.45. The monoisotopic (exact) mass is 402 g/mol. The maximum atomic E-state index is 12.6. The molecule has 0 bridgehead atoms. The van der Waals surface area contributed by atoms with Crippen molar-refractivity contribution in [2.45, 2.75) is 51.9 Å². The van der Waals surface area contributed by atoms with E-state index in [0.717, 1.165) is 18.4 Å². The van der Waals surface area contributed by atoms with E-state index in [0.29, 0.717) is 23.2 Å². The fourth-order valence-electron chi connectivity index (χ4n) is 2.95. The van der Waals surface area contributed by atoms with E-state index in [1.807, 2.05) is 48.7 Å². The molecule has 3 amide bonds. The molecular weight excluding hydrogens is 376 g/mol. The Bertz CT molecular complexity index is 872. The third kappa shape index (κ3) is 5.19. The van der Waals surface area contributed by atoms with Crippen molar-refractivity contribution in [2.75, 3.05) is 0 Å². The SMILES string of the molecule is CC(C)C(NC(=O)NCc1ccccc1)C(=O)NCc1n[nH]c(=S)n1C1CC1. The van der Waals surface area contributed by atoms with E-state index in [9.17, 15) is 9.59 Å². The zero-order valence-corrected chi connectivity index (χ0v) is 16.9. The van der Waals surface area contributed by atoms with Crippen LogP contribution in [-0.4, -0.2) is 32.7 Å². The van der Waals surface area contributed by atoms with Gasteiger partial charge in [0.25, 0.3) is 0 Å². The molecule has 28 heavy (non-hydrogen) atoms. The molecule has 4 N–H and O–H groups in total. The van der Waals surface area contributed by atoms with Crippen molar-refractivity contribution >= 4 is 24.2 Å². The van der Waals surface area contributed by atoms with E-state index in [1.165, 1.54) is 0 Å². The number of aromatic amines is 1. The van der Waals surface area contributed by atoms with Gasteiger partial charge in [-0.2, -0.15) is 5.10 Å². The third-order valence-electron chi connectivity index (χ3n) is 4.64. The second-order valence-corrected chi connectivity index (χ2v) is 7.68. The number of nitrogens with zero attached hydrogens (tertiary/aromatic N) is 2. The number of carbonyl (C=O) groups excluding carboxylic acids is 2. The van der Waals surface area contributed by atoms with Crippen LogP contribution < -0.4 is 16.0 Å². The minimum Gasteiger partial charge on any atom is -0.347 e. The van der Waals surface area contributed by atoms with E-state index in [-0.39, 0.29) is 24.4 Å². The first-order valence-corrected chi connectivity index (χ1v) is 9.88. The summed E-state index contributed by atoms with van der Waals surface area (Å²) >= 11 is 5.26. The van der Waals surface area contributed by atoms with Gasteiger partial charge in [0.05, 0.1) is 6.54 Å². The van der Waals surface area contributed by atoms with E-state index in [4.69, 9.17) is 12.2 Å². The van der Waals surface area contributed by atoms with Gasteiger partial charge in [-0.1, -0.05) is 44.2 Å². The molecular formula is C19H26N6O2S. The summed E-state index contributed by atoms with van der Waals surface area (Å²) in [5.74, 6) is 0.393. The number of urea groups is 1. The van der Waals surface area contributed by atoms with Gasteiger partial charge in [0, 0.05) is 12.6 Å². The number of carbonyl (C=O) groups is 2. The van der Waals surface area contributed by atoms with E-state index in [1.54, 1.807) is 0 Å². The van der Waals surface area contributed by atoms with Crippen LogP contribution in [0.4, 0.5) is 4.79 Å². The molecule has 0 aliphatic heterocycles. The van der Waals surface area contributed by atoms with Crippen LogP contribution >= 0.6 is 12.2 Å². The molecule has 1 atom stereocenters. The molecule has 0 saturated heterocycles. The molecule has 1 unspecified atom stereocenters. The lowest BCUT2D eigenvalue weighted by molar-refractivity contribution is -0.124. The maximum Gasteiger partial charge on any atom is 0.315 e. The minimum absolute atomic E-state index is 0.0632. The summed E-state index contributed by atoms with van der Waals surface area (Å²) in [6, 6.07) is 8.96. The first kappa shape index (κ1) is 20.1. The molecule has 1 aliphatic rings. The van der Waals surface area contributed by atoms with Crippen molar-refractivity contribution in [1.82, 2.24) is 30.7 Å². The van der Waals surface area contributed by atoms with Crippen LogP contribution in [0.1, 0.15) is 44.1 Å². The van der Waals surface area contributed by atoms with Crippen LogP contribution in [0, 0.1) is 10.7 Å². The Kier molecular flexibility index (Phi) is 6.45. The second kappa shape index (κ2) is 9.01. The van der Waals surface area contributed by atoms with Crippen LogP contribution in [0.25, 0.3) is 0 Å². The highest BCUT2D eigenvalue weighted by Crippen LogP contribution is 2.35. The second-order valence-electron chi connectivity index (χ2n) is 7.30. The fourth-order valence-corrected chi connectivity index (χ4v) is 3.25. The summed E-state index contributed by atoms with van der Waals surface area (Å²) in [5, 5.41) is 15.4. The molecule has 2 aromatic rings. The number of amides is 3. The Morgan fingerprint density at radius 1 is 1.21 bits per heavy atom. The molecule has 0 radical (unpaired) electrons. The predicted molar refractivity (Wildman–Crippen MR) is 108 cm³/mol. The molecule has 1 aliphatic carbocycles. The molecule has 150 valence electrons. The Morgan fingerprint density at radius 2 is 1.93 bits per heavy atom. The van der Waals surface area contributed by atoms with Crippen LogP contribution in [0.15, 0.2) is 30.3 Å². The van der Waals surface area contributed by atoms with Gasteiger partial charge in [-0.15, -0.1) is 0 Å². The van der Waals surface area contributed by atoms with E-state index >= 15 is 0 Å². The number of rotatable bonds is 8. The van der Waals surface area contributed by atoms with Gasteiger partial charge in [0.1, 0.15) is 6.04 Å². The topological polar surface area (TPSA) is 104 Å². The maximum absolute atomic E-state index is 12.6. The van der Waals surface area contributed by atoms with Crippen molar-refractivity contribution in [1.29, 1.82) is 0 Å². The summed E-state index contributed by atoms with van der Waals surface area (Å²) in [6.07, 6.45) is 2.15. The van der Waals surface area contributed by atoms with Crippen LogP contribution in [0.5, 0.6) is 0 Å². The zero-order chi connectivity index (χ0) is 20.1. The molecule has 1 aromatic carbocycles. The molecule has 1 heterocycles. The van der Waals surface area contributed by atoms with Crippen LogP contribution in [0.3, 0.4) is 0 Å². The van der Waals surface area contributed by atoms with Crippen LogP contribution in [-0.2, 0) is 17.9 Å². The Labute approximate surface area is 169 Å². The standard InChI is InChI=1S/C19H26N6O2S/c1-12(2)16(22-18(27)21-10-13-6-4-3-5-7-13)17(26)20-11-15-23-24-19(28)25(15)14-8-9-14/h3-7,12,14,16H,8-11H2,1-2H3,(H,20,26)(H,24,28)(H2,21,22,27). The van der Waals surface area contributed by atoms with E-state index < -0.39 is 6.04 Å². The fraction of sp³-hybridized carbons (Fsp3) is 0.474. The van der Waals surface area contributed by atoms with Crippen molar-refractivity contribution in [3.63, 3.8) is 0 Å². The number of H-pyrrole nitrogens is 1. The summed E-state index contributed by atoms with van der Waals surface area (Å²) in [6.45, 7) is 4.44. The lowest BCUT2D eigenvalue weighted by Crippen LogP contribution is -2.52. The number of aromatic nitrogens is 3. The average molecular weight is 403 g/mol. The van der Waals surface area contributed by atoms with Gasteiger partial charge in [-0.05, 0) is 36.5 Å². The first-order valence-electron chi connectivity index (χ1n) is 9.47. The Hall–Kier alpha value is -2.68. The molecule has 0 spiro atoms. The highest BCUT2D eigenvalue weighted by atomic mass is 32.1. The highest BCUT2D eigenvalue weighted by Gasteiger charge is 2.28. The predicted octanol–water partition coefficient (Wildman–Crippen LogP) is 2.42. The number of nitrogens with one attached hydrogen (secondary N) is 4. The normalized spacial score (nSPS) is 14.5. The van der Waals surface area contributed by atoms with E-state index in [2.05, 4.69) is 26.1 Å². The third-order valence-corrected chi connectivity index (χ3v) is 4.93. The Morgan fingerprint density at radius 3 is 2.57 bits per heavy atom. The van der Waals surface area contributed by atoms with Gasteiger partial charge in [-0.3, -0.25) is 14.5 Å². The van der Waals surface area contributed by atoms with Crippen molar-refractivity contribution in [2.24, 2.45) is 5.92 Å². The first-order chi connectivity index (χ1) is 13.5. The van der Waals surface area contributed by atoms with Gasteiger partial charge in [0.15, 0.2) is 10.6 Å². The molecule has 1 fully saturated rings. The van der Waals surface area contributed by atoms with Crippen molar-refractivity contribution < 1.29 is 9.59 Å². The van der Waals surface area contributed by atoms with Gasteiger partial charge in [0.2, 0.25) is 5.91 Å². The molecule has 8 nitrogen and oxygen atoms in total.